The quantitative estimate of drug-likeness (QED) is 0.366. The summed E-state index contributed by atoms with van der Waals surface area (Å²) in [7, 11) is 1.58. The molecule has 3 aromatic heterocycles. The number of carbonyl (C=O) groups excluding carboxylic acids is 1. The van der Waals surface area contributed by atoms with Crippen LogP contribution in [0.2, 0.25) is 0 Å². The van der Waals surface area contributed by atoms with Crippen molar-refractivity contribution in [3.63, 3.8) is 0 Å². The topological polar surface area (TPSA) is 103 Å². The number of hydrogen-bond donors (Lipinski definition) is 2. The minimum Gasteiger partial charge on any atom is -0.381 e. The predicted molar refractivity (Wildman–Crippen MR) is 118 cm³/mol. The lowest BCUT2D eigenvalue weighted by Crippen LogP contribution is -2.44. The van der Waals surface area contributed by atoms with E-state index >= 15 is 0 Å². The highest BCUT2D eigenvalue weighted by Gasteiger charge is 2.24. The van der Waals surface area contributed by atoms with E-state index in [-0.39, 0.29) is 22.8 Å². The highest BCUT2D eigenvalue weighted by molar-refractivity contribution is 6.00. The summed E-state index contributed by atoms with van der Waals surface area (Å²) in [6.07, 6.45) is 1.73. The Balaban J connectivity index is 1.85. The van der Waals surface area contributed by atoms with E-state index in [4.69, 9.17) is 10.5 Å². The molecule has 0 bridgehead atoms. The third kappa shape index (κ3) is 3.97. The van der Waals surface area contributed by atoms with Crippen LogP contribution in [-0.4, -0.2) is 29.0 Å². The highest BCUT2D eigenvalue weighted by Crippen LogP contribution is 2.15. The van der Waals surface area contributed by atoms with Gasteiger partial charge in [-0.3, -0.25) is 14.0 Å². The molecule has 0 saturated heterocycles. The molecule has 8 nitrogen and oxygen atoms in total. The molecule has 0 saturated carbocycles. The number of amides is 1. The van der Waals surface area contributed by atoms with E-state index in [9.17, 15) is 9.59 Å². The second kappa shape index (κ2) is 8.53. The normalized spacial score (nSPS) is 11.2. The second-order valence-corrected chi connectivity index (χ2v) is 7.34. The summed E-state index contributed by atoms with van der Waals surface area (Å²) in [5.41, 5.74) is 9.17. The number of benzene rings is 1. The van der Waals surface area contributed by atoms with Gasteiger partial charge < -0.3 is 15.8 Å². The molecule has 1 aromatic carbocycles. The van der Waals surface area contributed by atoms with Gasteiger partial charge in [0, 0.05) is 19.9 Å². The van der Waals surface area contributed by atoms with Gasteiger partial charge >= 0.3 is 0 Å². The van der Waals surface area contributed by atoms with E-state index in [0.717, 1.165) is 11.1 Å². The van der Waals surface area contributed by atoms with Crippen molar-refractivity contribution in [3.8, 4) is 0 Å². The van der Waals surface area contributed by atoms with Gasteiger partial charge in [0.25, 0.3) is 17.1 Å². The molecule has 0 aliphatic rings. The van der Waals surface area contributed by atoms with E-state index in [1.54, 1.807) is 23.9 Å². The van der Waals surface area contributed by atoms with Crippen LogP contribution < -0.4 is 21.2 Å². The van der Waals surface area contributed by atoms with Crippen molar-refractivity contribution in [3.05, 3.63) is 81.8 Å². The molecule has 8 heteroatoms. The molecule has 31 heavy (non-hydrogen) atoms. The Kier molecular flexibility index (Phi) is 5.64. The summed E-state index contributed by atoms with van der Waals surface area (Å²) in [6, 6.07) is 14.8. The lowest BCUT2D eigenvalue weighted by molar-refractivity contribution is -0.660. The molecule has 4 rings (SSSR count). The number of rotatable bonds is 6. The number of methoxy groups -OCH3 is 1. The summed E-state index contributed by atoms with van der Waals surface area (Å²) in [6.45, 7) is 2.96. The number of aryl methyl sites for hydroxylation is 1. The number of nitrogens with one attached hydrogen (secondary N) is 1. The van der Waals surface area contributed by atoms with Gasteiger partial charge in [-0.15, -0.1) is 0 Å². The molecule has 4 aromatic rings. The van der Waals surface area contributed by atoms with Crippen molar-refractivity contribution in [2.24, 2.45) is 0 Å². The lowest BCUT2D eigenvalue weighted by atomic mass is 10.1. The van der Waals surface area contributed by atoms with Crippen molar-refractivity contribution in [1.29, 1.82) is 0 Å². The van der Waals surface area contributed by atoms with Gasteiger partial charge in [0.2, 0.25) is 11.5 Å². The smallest absolute Gasteiger partial charge is 0.278 e. The summed E-state index contributed by atoms with van der Waals surface area (Å²) in [4.78, 5) is 30.9. The first-order valence-electron chi connectivity index (χ1n) is 9.95. The van der Waals surface area contributed by atoms with Crippen molar-refractivity contribution in [1.82, 2.24) is 14.7 Å². The number of fused-ring (bicyclic) bond motifs is 2. The number of hydrogen-bond acceptors (Lipinski definition) is 5. The van der Waals surface area contributed by atoms with E-state index in [1.807, 2.05) is 43.3 Å². The second-order valence-electron chi connectivity index (χ2n) is 7.34. The largest absolute Gasteiger partial charge is 0.381 e. The standard InChI is InChI=1S/C23H23N5O3/c1-15-8-9-19-26-21-18(23(30)28(19)14-15)12-17(20(24)27(21)10-11-31-2)22(29)25-13-16-6-4-3-5-7-16/h3-9,12,14,24H,10-11,13H2,1-2H3,(H,25,29)/p+1. The Morgan fingerprint density at radius 1 is 1.23 bits per heavy atom. The minimum atomic E-state index is -0.358. The number of nitrogen functional groups attached to an aromatic ring is 1. The number of nitrogens with zero attached hydrogens (tertiary/aromatic N) is 3. The maximum atomic E-state index is 13.2. The van der Waals surface area contributed by atoms with Crippen LogP contribution in [0.5, 0.6) is 0 Å². The van der Waals surface area contributed by atoms with Crippen LogP contribution in [0.4, 0.5) is 5.82 Å². The monoisotopic (exact) mass is 418 g/mol. The van der Waals surface area contributed by atoms with Crippen molar-refractivity contribution in [2.45, 2.75) is 20.0 Å². The van der Waals surface area contributed by atoms with E-state index < -0.39 is 0 Å². The Hall–Kier alpha value is -3.78. The number of pyridine rings is 2. The molecular weight excluding hydrogens is 394 g/mol. The van der Waals surface area contributed by atoms with Gasteiger partial charge in [-0.1, -0.05) is 41.4 Å². The van der Waals surface area contributed by atoms with Crippen LogP contribution in [0.25, 0.3) is 16.7 Å². The molecule has 1 amide bonds. The number of anilines is 1. The molecule has 0 unspecified atom stereocenters. The molecule has 158 valence electrons. The van der Waals surface area contributed by atoms with Crippen LogP contribution in [-0.2, 0) is 17.8 Å². The average Bonchev–Trinajstić information content (AvgIpc) is 2.78. The predicted octanol–water partition coefficient (Wildman–Crippen LogP) is 1.60. The highest BCUT2D eigenvalue weighted by atomic mass is 16.5. The van der Waals surface area contributed by atoms with Gasteiger partial charge in [0.15, 0.2) is 0 Å². The Morgan fingerprint density at radius 3 is 2.74 bits per heavy atom. The zero-order valence-corrected chi connectivity index (χ0v) is 17.5. The minimum absolute atomic E-state index is 0.228. The molecule has 0 atom stereocenters. The number of carbonyl (C=O) groups is 1. The van der Waals surface area contributed by atoms with Gasteiger partial charge in [0.1, 0.15) is 10.9 Å². The Morgan fingerprint density at radius 2 is 2.00 bits per heavy atom. The molecule has 0 spiro atoms. The van der Waals surface area contributed by atoms with Gasteiger partial charge in [-0.25, -0.2) is 4.57 Å². The summed E-state index contributed by atoms with van der Waals surface area (Å²) < 4.78 is 8.35. The SMILES string of the molecule is COCC[n+]1c(N)c(C(=O)NCc2ccccc2)cc2c(=O)n3cc(C)ccc3nc21. The third-order valence-corrected chi connectivity index (χ3v) is 5.16. The summed E-state index contributed by atoms with van der Waals surface area (Å²) >= 11 is 0. The maximum Gasteiger partial charge on any atom is 0.278 e. The number of ether oxygens (including phenoxy) is 1. The first kappa shape index (κ1) is 20.5. The van der Waals surface area contributed by atoms with E-state index in [2.05, 4.69) is 10.3 Å². The Labute approximate surface area is 178 Å². The zero-order chi connectivity index (χ0) is 22.0. The van der Waals surface area contributed by atoms with Crippen LogP contribution in [0.15, 0.2) is 59.5 Å². The molecule has 0 aliphatic heterocycles. The van der Waals surface area contributed by atoms with Crippen LogP contribution in [0, 0.1) is 6.92 Å². The molecule has 3 heterocycles. The first-order chi connectivity index (χ1) is 15.0. The van der Waals surface area contributed by atoms with E-state index in [1.165, 1.54) is 10.5 Å². The molecule has 3 N–H and O–H groups in total. The summed E-state index contributed by atoms with van der Waals surface area (Å²) in [5.74, 6) is -0.123. The number of nitrogens with two attached hydrogens (primary N) is 1. The van der Waals surface area contributed by atoms with Crippen molar-refractivity contribution in [2.75, 3.05) is 19.5 Å². The molecule has 0 fully saturated rings. The fraction of sp³-hybridized carbons (Fsp3) is 0.217. The zero-order valence-electron chi connectivity index (χ0n) is 17.5. The van der Waals surface area contributed by atoms with Gasteiger partial charge in [-0.2, -0.15) is 0 Å². The average molecular weight is 418 g/mol. The Bertz CT molecular complexity index is 1330. The number of aromatic nitrogens is 3. The van der Waals surface area contributed by atoms with Crippen LogP contribution in [0.3, 0.4) is 0 Å². The van der Waals surface area contributed by atoms with Gasteiger partial charge in [-0.05, 0) is 30.2 Å². The molecule has 0 radical (unpaired) electrons. The van der Waals surface area contributed by atoms with Crippen LogP contribution >= 0.6 is 0 Å². The van der Waals surface area contributed by atoms with Crippen molar-refractivity contribution < 1.29 is 14.1 Å². The molecule has 0 aliphatic carbocycles. The third-order valence-electron chi connectivity index (χ3n) is 5.16. The van der Waals surface area contributed by atoms with E-state index in [0.29, 0.717) is 36.4 Å². The van der Waals surface area contributed by atoms with Crippen LogP contribution in [0.1, 0.15) is 21.5 Å². The van der Waals surface area contributed by atoms with Crippen molar-refractivity contribution >= 4 is 28.4 Å². The van der Waals surface area contributed by atoms with Gasteiger partial charge in [0.05, 0.1) is 13.2 Å². The summed E-state index contributed by atoms with van der Waals surface area (Å²) in [5, 5.41) is 3.19. The lowest BCUT2D eigenvalue weighted by Gasteiger charge is -2.12. The first-order valence-corrected chi connectivity index (χ1v) is 9.95. The molecular formula is C23H24N5O3+. The fourth-order valence-corrected chi connectivity index (χ4v) is 3.52. The fourth-order valence-electron chi connectivity index (χ4n) is 3.52. The maximum absolute atomic E-state index is 13.2.